The molecule has 1 unspecified atom stereocenters. The van der Waals surface area contributed by atoms with Crippen molar-refractivity contribution in [3.8, 4) is 0 Å². The van der Waals surface area contributed by atoms with Gasteiger partial charge in [0.25, 0.3) is 0 Å². The fourth-order valence-electron chi connectivity index (χ4n) is 1.51. The quantitative estimate of drug-likeness (QED) is 0.929. The van der Waals surface area contributed by atoms with Crippen LogP contribution >= 0.6 is 23.4 Å². The molecule has 0 radical (unpaired) electrons. The van der Waals surface area contributed by atoms with Gasteiger partial charge < -0.3 is 5.32 Å². The van der Waals surface area contributed by atoms with Crippen LogP contribution in [0.4, 0.5) is 0 Å². The third-order valence-electron chi connectivity index (χ3n) is 2.62. The first-order valence-electron chi connectivity index (χ1n) is 5.63. The van der Waals surface area contributed by atoms with Gasteiger partial charge in [-0.1, -0.05) is 17.7 Å². The van der Waals surface area contributed by atoms with Gasteiger partial charge in [-0.15, -0.1) is 0 Å². The third-order valence-corrected chi connectivity index (χ3v) is 4.09. The molecule has 2 aromatic rings. The van der Waals surface area contributed by atoms with Crippen LogP contribution in [-0.4, -0.2) is 17.0 Å². The molecule has 2 rings (SSSR count). The van der Waals surface area contributed by atoms with Crippen molar-refractivity contribution in [1.82, 2.24) is 15.3 Å². The summed E-state index contributed by atoms with van der Waals surface area (Å²) in [4.78, 5) is 8.68. The normalized spacial score (nSPS) is 12.4. The zero-order valence-corrected chi connectivity index (χ0v) is 11.8. The summed E-state index contributed by atoms with van der Waals surface area (Å²) < 4.78 is 0. The van der Waals surface area contributed by atoms with Gasteiger partial charge in [0.1, 0.15) is 10.1 Å². The molecule has 2 heterocycles. The Balaban J connectivity index is 2.32. The molecule has 1 N–H and O–H groups in total. The Morgan fingerprint density at radius 1 is 1.17 bits per heavy atom. The molecule has 0 spiro atoms. The second-order valence-electron chi connectivity index (χ2n) is 3.80. The number of nitrogens with zero attached hydrogens (tertiary/aromatic N) is 2. The van der Waals surface area contributed by atoms with Crippen LogP contribution < -0.4 is 5.32 Å². The van der Waals surface area contributed by atoms with Gasteiger partial charge in [0.15, 0.2) is 0 Å². The summed E-state index contributed by atoms with van der Waals surface area (Å²) in [5.74, 6) is 0. The lowest BCUT2D eigenvalue weighted by Crippen LogP contribution is -2.13. The molecule has 0 saturated heterocycles. The van der Waals surface area contributed by atoms with Crippen LogP contribution in [0.5, 0.6) is 0 Å². The van der Waals surface area contributed by atoms with Gasteiger partial charge in [-0.05, 0) is 43.9 Å². The number of hydrogen-bond acceptors (Lipinski definition) is 4. The smallest absolute Gasteiger partial charge is 0.121 e. The summed E-state index contributed by atoms with van der Waals surface area (Å²) in [7, 11) is 1.93. The average Bonchev–Trinajstić information content (AvgIpc) is 2.41. The maximum Gasteiger partial charge on any atom is 0.121 e. The summed E-state index contributed by atoms with van der Waals surface area (Å²) in [6.07, 6.45) is 3.52. The van der Waals surface area contributed by atoms with E-state index in [1.165, 1.54) is 11.8 Å². The summed E-state index contributed by atoms with van der Waals surface area (Å²) in [6.45, 7) is 2.10. The second-order valence-corrected chi connectivity index (χ2v) is 5.19. The number of hydrogen-bond donors (Lipinski definition) is 1. The zero-order valence-electron chi connectivity index (χ0n) is 10.2. The Labute approximate surface area is 116 Å². The molecule has 1 atom stereocenters. The predicted octanol–water partition coefficient (Wildman–Crippen LogP) is 3.56. The molecule has 0 bridgehead atoms. The fraction of sp³-hybridized carbons (Fsp3) is 0.231. The van der Waals surface area contributed by atoms with Crippen LogP contribution in [0.1, 0.15) is 18.5 Å². The fourth-order valence-corrected chi connectivity index (χ4v) is 2.69. The highest BCUT2D eigenvalue weighted by molar-refractivity contribution is 7.99. The second kappa shape index (κ2) is 6.18. The molecule has 0 aliphatic heterocycles. The van der Waals surface area contributed by atoms with E-state index in [9.17, 15) is 0 Å². The summed E-state index contributed by atoms with van der Waals surface area (Å²) >= 11 is 7.60. The Kier molecular flexibility index (Phi) is 4.58. The Morgan fingerprint density at radius 3 is 2.50 bits per heavy atom. The van der Waals surface area contributed by atoms with E-state index >= 15 is 0 Å². The van der Waals surface area contributed by atoms with Gasteiger partial charge in [-0.2, -0.15) is 0 Å². The number of halogens is 1. The van der Waals surface area contributed by atoms with Gasteiger partial charge in [-0.25, -0.2) is 9.97 Å². The monoisotopic (exact) mass is 279 g/mol. The van der Waals surface area contributed by atoms with Crippen molar-refractivity contribution in [3.63, 3.8) is 0 Å². The Bertz CT molecular complexity index is 533. The minimum absolute atomic E-state index is 0.240. The third kappa shape index (κ3) is 3.02. The number of pyridine rings is 2. The molecular weight excluding hydrogens is 266 g/mol. The van der Waals surface area contributed by atoms with E-state index in [0.29, 0.717) is 5.02 Å². The topological polar surface area (TPSA) is 37.8 Å². The number of nitrogens with one attached hydrogen (secondary N) is 1. The lowest BCUT2D eigenvalue weighted by molar-refractivity contribution is 0.634. The molecule has 0 aliphatic carbocycles. The van der Waals surface area contributed by atoms with E-state index in [1.54, 1.807) is 12.4 Å². The molecular formula is C13H14ClN3S. The van der Waals surface area contributed by atoms with Crippen LogP contribution in [0, 0.1) is 0 Å². The van der Waals surface area contributed by atoms with E-state index < -0.39 is 0 Å². The minimum atomic E-state index is 0.240. The number of rotatable bonds is 4. The van der Waals surface area contributed by atoms with E-state index in [2.05, 4.69) is 28.3 Å². The van der Waals surface area contributed by atoms with Crippen LogP contribution in [0.3, 0.4) is 0 Å². The van der Waals surface area contributed by atoms with Crippen molar-refractivity contribution in [2.24, 2.45) is 0 Å². The average molecular weight is 280 g/mol. The molecule has 0 fully saturated rings. The highest BCUT2D eigenvalue weighted by Crippen LogP contribution is 2.33. The van der Waals surface area contributed by atoms with Gasteiger partial charge in [-0.3, -0.25) is 0 Å². The molecule has 94 valence electrons. The van der Waals surface area contributed by atoms with Crippen LogP contribution in [0.15, 0.2) is 46.7 Å². The highest BCUT2D eigenvalue weighted by atomic mass is 35.5. The number of aromatic nitrogens is 2. The molecule has 5 heteroatoms. The van der Waals surface area contributed by atoms with E-state index in [1.807, 2.05) is 25.2 Å². The predicted molar refractivity (Wildman–Crippen MR) is 75.1 cm³/mol. The van der Waals surface area contributed by atoms with Crippen LogP contribution in [0.25, 0.3) is 0 Å². The maximum absolute atomic E-state index is 6.11. The van der Waals surface area contributed by atoms with Crippen molar-refractivity contribution in [2.75, 3.05) is 7.05 Å². The van der Waals surface area contributed by atoms with Gasteiger partial charge >= 0.3 is 0 Å². The van der Waals surface area contributed by atoms with Crippen molar-refractivity contribution in [1.29, 1.82) is 0 Å². The van der Waals surface area contributed by atoms with Crippen molar-refractivity contribution in [2.45, 2.75) is 23.0 Å². The Hall–Kier alpha value is -1.10. The minimum Gasteiger partial charge on any atom is -0.313 e. The molecule has 18 heavy (non-hydrogen) atoms. The van der Waals surface area contributed by atoms with E-state index in [4.69, 9.17) is 11.6 Å². The first kappa shape index (κ1) is 13.3. The lowest BCUT2D eigenvalue weighted by atomic mass is 10.1. The molecule has 0 saturated carbocycles. The van der Waals surface area contributed by atoms with E-state index in [-0.39, 0.29) is 6.04 Å². The highest BCUT2D eigenvalue weighted by Gasteiger charge is 2.12. The largest absolute Gasteiger partial charge is 0.313 e. The lowest BCUT2D eigenvalue weighted by Gasteiger charge is -2.14. The molecule has 2 aromatic heterocycles. The van der Waals surface area contributed by atoms with Crippen LogP contribution in [0.2, 0.25) is 5.02 Å². The first-order valence-corrected chi connectivity index (χ1v) is 6.82. The van der Waals surface area contributed by atoms with Gasteiger partial charge in [0.05, 0.1) is 5.02 Å². The van der Waals surface area contributed by atoms with Crippen molar-refractivity contribution < 1.29 is 0 Å². The first-order chi connectivity index (χ1) is 8.72. The molecule has 0 aromatic carbocycles. The maximum atomic E-state index is 6.11. The molecule has 0 aliphatic rings. The van der Waals surface area contributed by atoms with Crippen molar-refractivity contribution in [3.05, 3.63) is 47.2 Å². The standard InChI is InChI=1S/C13H14ClN3S/c1-9(15-2)10-5-3-7-16-12(10)18-13-11(14)6-4-8-17-13/h3-9,15H,1-2H3. The zero-order chi connectivity index (χ0) is 13.0. The van der Waals surface area contributed by atoms with Crippen LogP contribution in [-0.2, 0) is 0 Å². The summed E-state index contributed by atoms with van der Waals surface area (Å²) in [6, 6.07) is 7.90. The molecule has 0 amide bonds. The molecule has 3 nitrogen and oxygen atoms in total. The van der Waals surface area contributed by atoms with Gasteiger partial charge in [0.2, 0.25) is 0 Å². The van der Waals surface area contributed by atoms with Gasteiger partial charge in [0, 0.05) is 24.0 Å². The summed E-state index contributed by atoms with van der Waals surface area (Å²) in [5, 5.41) is 5.58. The SMILES string of the molecule is CNC(C)c1cccnc1Sc1ncccc1Cl. The Morgan fingerprint density at radius 2 is 1.83 bits per heavy atom. The van der Waals surface area contributed by atoms with Crippen molar-refractivity contribution >= 4 is 23.4 Å². The van der Waals surface area contributed by atoms with E-state index in [0.717, 1.165) is 15.6 Å². The summed E-state index contributed by atoms with van der Waals surface area (Å²) in [5.41, 5.74) is 1.15.